The Morgan fingerprint density at radius 1 is 1.54 bits per heavy atom. The summed E-state index contributed by atoms with van der Waals surface area (Å²) in [5, 5.41) is 0. The molecular formula is C9H9F2NO. The van der Waals surface area contributed by atoms with Crippen molar-refractivity contribution < 1.29 is 13.6 Å². The number of nitrogens with two attached hydrogens (primary N) is 1. The van der Waals surface area contributed by atoms with Crippen LogP contribution in [0.3, 0.4) is 0 Å². The molecule has 1 rings (SSSR count). The SMILES string of the molecule is CC(F)(C(N)=O)c1cccc(F)c1. The van der Waals surface area contributed by atoms with E-state index in [1.807, 2.05) is 0 Å². The van der Waals surface area contributed by atoms with Gasteiger partial charge in [0, 0.05) is 5.56 Å². The summed E-state index contributed by atoms with van der Waals surface area (Å²) >= 11 is 0. The van der Waals surface area contributed by atoms with Crippen molar-refractivity contribution in [2.45, 2.75) is 12.6 Å². The van der Waals surface area contributed by atoms with E-state index in [2.05, 4.69) is 0 Å². The highest BCUT2D eigenvalue weighted by Crippen LogP contribution is 2.25. The molecular weight excluding hydrogens is 176 g/mol. The zero-order chi connectivity index (χ0) is 10.1. The standard InChI is InChI=1S/C9H9F2NO/c1-9(11,8(12)13)6-3-2-4-7(10)5-6/h2-5H,1H3,(H2,12,13). The van der Waals surface area contributed by atoms with E-state index >= 15 is 0 Å². The number of amides is 1. The second kappa shape index (κ2) is 3.12. The number of halogens is 2. The topological polar surface area (TPSA) is 43.1 Å². The van der Waals surface area contributed by atoms with Gasteiger partial charge in [-0.25, -0.2) is 8.78 Å². The van der Waals surface area contributed by atoms with Crippen molar-refractivity contribution >= 4 is 5.91 Å². The van der Waals surface area contributed by atoms with Crippen LogP contribution in [0.1, 0.15) is 12.5 Å². The van der Waals surface area contributed by atoms with Crippen molar-refractivity contribution in [1.29, 1.82) is 0 Å². The molecule has 0 aliphatic heterocycles. The predicted molar refractivity (Wildman–Crippen MR) is 44.1 cm³/mol. The van der Waals surface area contributed by atoms with Crippen molar-refractivity contribution in [3.63, 3.8) is 0 Å². The maximum atomic E-state index is 13.5. The minimum absolute atomic E-state index is 0.0694. The molecule has 0 saturated heterocycles. The molecule has 4 heteroatoms. The molecule has 0 aromatic heterocycles. The maximum absolute atomic E-state index is 13.5. The van der Waals surface area contributed by atoms with Crippen LogP contribution >= 0.6 is 0 Å². The number of hydrogen-bond donors (Lipinski definition) is 1. The normalized spacial score (nSPS) is 15.0. The van der Waals surface area contributed by atoms with E-state index in [0.29, 0.717) is 0 Å². The average molecular weight is 185 g/mol. The molecule has 2 N–H and O–H groups in total. The van der Waals surface area contributed by atoms with Crippen molar-refractivity contribution in [3.05, 3.63) is 35.6 Å². The summed E-state index contributed by atoms with van der Waals surface area (Å²) < 4.78 is 26.1. The van der Waals surface area contributed by atoms with Gasteiger partial charge in [0.2, 0.25) is 5.67 Å². The molecule has 70 valence electrons. The molecule has 0 fully saturated rings. The van der Waals surface area contributed by atoms with Crippen molar-refractivity contribution in [3.8, 4) is 0 Å². The van der Waals surface area contributed by atoms with Crippen molar-refractivity contribution in [1.82, 2.24) is 0 Å². The first-order valence-corrected chi connectivity index (χ1v) is 3.69. The third-order valence-corrected chi connectivity index (χ3v) is 1.83. The van der Waals surface area contributed by atoms with E-state index in [9.17, 15) is 13.6 Å². The summed E-state index contributed by atoms with van der Waals surface area (Å²) in [6, 6.07) is 4.75. The number of primary amides is 1. The number of carbonyl (C=O) groups is 1. The second-order valence-electron chi connectivity index (χ2n) is 2.88. The monoisotopic (exact) mass is 185 g/mol. The maximum Gasteiger partial charge on any atom is 0.259 e. The molecule has 1 amide bonds. The highest BCUT2D eigenvalue weighted by atomic mass is 19.1. The smallest absolute Gasteiger partial charge is 0.259 e. The zero-order valence-electron chi connectivity index (χ0n) is 7.05. The van der Waals surface area contributed by atoms with Crippen LogP contribution in [0.5, 0.6) is 0 Å². The van der Waals surface area contributed by atoms with Gasteiger partial charge in [-0.15, -0.1) is 0 Å². The molecule has 0 spiro atoms. The largest absolute Gasteiger partial charge is 0.367 e. The van der Waals surface area contributed by atoms with Crippen LogP contribution in [0, 0.1) is 5.82 Å². The van der Waals surface area contributed by atoms with Gasteiger partial charge >= 0.3 is 0 Å². The van der Waals surface area contributed by atoms with E-state index in [0.717, 1.165) is 13.0 Å². The Bertz CT molecular complexity index is 336. The Morgan fingerprint density at radius 3 is 2.62 bits per heavy atom. The van der Waals surface area contributed by atoms with Crippen LogP contribution in [-0.2, 0) is 10.5 Å². The Balaban J connectivity index is 3.14. The first-order valence-electron chi connectivity index (χ1n) is 3.69. The van der Waals surface area contributed by atoms with Gasteiger partial charge in [-0.1, -0.05) is 12.1 Å². The summed E-state index contributed by atoms with van der Waals surface area (Å²) in [5.74, 6) is -1.72. The van der Waals surface area contributed by atoms with Crippen LogP contribution in [0.2, 0.25) is 0 Å². The fourth-order valence-electron chi connectivity index (χ4n) is 0.923. The molecule has 0 bridgehead atoms. The Kier molecular flexibility index (Phi) is 2.32. The number of rotatable bonds is 2. The van der Waals surface area contributed by atoms with Crippen molar-refractivity contribution in [2.24, 2.45) is 5.73 Å². The van der Waals surface area contributed by atoms with E-state index < -0.39 is 17.4 Å². The summed E-state index contributed by atoms with van der Waals surface area (Å²) in [6.45, 7) is 1.00. The summed E-state index contributed by atoms with van der Waals surface area (Å²) in [4.78, 5) is 10.7. The third-order valence-electron chi connectivity index (χ3n) is 1.83. The van der Waals surface area contributed by atoms with Crippen LogP contribution in [0.15, 0.2) is 24.3 Å². The van der Waals surface area contributed by atoms with Gasteiger partial charge in [0.25, 0.3) is 5.91 Å². The van der Waals surface area contributed by atoms with Gasteiger partial charge in [0.05, 0.1) is 0 Å². The summed E-state index contributed by atoms with van der Waals surface area (Å²) in [5.41, 5.74) is 2.43. The lowest BCUT2D eigenvalue weighted by atomic mass is 9.97. The van der Waals surface area contributed by atoms with E-state index in [1.165, 1.54) is 18.2 Å². The van der Waals surface area contributed by atoms with Crippen LogP contribution in [0.25, 0.3) is 0 Å². The quantitative estimate of drug-likeness (QED) is 0.745. The number of carbonyl (C=O) groups excluding carboxylic acids is 1. The van der Waals surface area contributed by atoms with E-state index in [-0.39, 0.29) is 5.56 Å². The van der Waals surface area contributed by atoms with E-state index in [1.54, 1.807) is 0 Å². The average Bonchev–Trinajstić information content (AvgIpc) is 2.04. The number of hydrogen-bond acceptors (Lipinski definition) is 1. The Morgan fingerprint density at radius 2 is 2.15 bits per heavy atom. The summed E-state index contributed by atoms with van der Waals surface area (Å²) in [7, 11) is 0. The van der Waals surface area contributed by atoms with E-state index in [4.69, 9.17) is 5.73 Å². The minimum Gasteiger partial charge on any atom is -0.367 e. The number of alkyl halides is 1. The highest BCUT2D eigenvalue weighted by molar-refractivity contribution is 5.84. The van der Waals surface area contributed by atoms with Gasteiger partial charge < -0.3 is 5.73 Å². The molecule has 13 heavy (non-hydrogen) atoms. The molecule has 1 aromatic carbocycles. The first kappa shape index (κ1) is 9.64. The van der Waals surface area contributed by atoms with Gasteiger partial charge in [-0.2, -0.15) is 0 Å². The molecule has 1 aromatic rings. The number of benzene rings is 1. The van der Waals surface area contributed by atoms with Crippen LogP contribution in [0.4, 0.5) is 8.78 Å². The van der Waals surface area contributed by atoms with Gasteiger partial charge in [0.15, 0.2) is 0 Å². The molecule has 0 aliphatic carbocycles. The summed E-state index contributed by atoms with van der Waals surface area (Å²) in [6.07, 6.45) is 0. The lowest BCUT2D eigenvalue weighted by Crippen LogP contribution is -2.34. The lowest BCUT2D eigenvalue weighted by molar-refractivity contribution is -0.128. The molecule has 0 aliphatic rings. The third kappa shape index (κ3) is 1.83. The molecule has 0 heterocycles. The van der Waals surface area contributed by atoms with Gasteiger partial charge in [0.1, 0.15) is 5.82 Å². The Hall–Kier alpha value is -1.45. The molecule has 2 nitrogen and oxygen atoms in total. The fraction of sp³-hybridized carbons (Fsp3) is 0.222. The zero-order valence-corrected chi connectivity index (χ0v) is 7.05. The predicted octanol–water partition coefficient (Wildman–Crippen LogP) is 1.50. The molecule has 0 radical (unpaired) electrons. The highest BCUT2D eigenvalue weighted by Gasteiger charge is 2.32. The minimum atomic E-state index is -2.32. The fourth-order valence-corrected chi connectivity index (χ4v) is 0.923. The Labute approximate surface area is 74.4 Å². The lowest BCUT2D eigenvalue weighted by Gasteiger charge is -2.16. The van der Waals surface area contributed by atoms with Crippen LogP contribution < -0.4 is 5.73 Å². The van der Waals surface area contributed by atoms with Gasteiger partial charge in [-0.05, 0) is 19.1 Å². The van der Waals surface area contributed by atoms with Gasteiger partial charge in [-0.3, -0.25) is 4.79 Å². The molecule has 1 atom stereocenters. The van der Waals surface area contributed by atoms with Crippen molar-refractivity contribution in [2.75, 3.05) is 0 Å². The second-order valence-corrected chi connectivity index (χ2v) is 2.88. The molecule has 1 unspecified atom stereocenters. The first-order chi connectivity index (χ1) is 5.94. The van der Waals surface area contributed by atoms with Crippen LogP contribution in [-0.4, -0.2) is 5.91 Å². The molecule has 0 saturated carbocycles.